The van der Waals surface area contributed by atoms with E-state index in [0.717, 1.165) is 27.2 Å². The lowest BCUT2D eigenvalue weighted by molar-refractivity contribution is 0.288. The van der Waals surface area contributed by atoms with Crippen molar-refractivity contribution in [3.63, 3.8) is 0 Å². The van der Waals surface area contributed by atoms with Crippen LogP contribution in [0.5, 0.6) is 11.5 Å². The van der Waals surface area contributed by atoms with Crippen LogP contribution in [-0.2, 0) is 0 Å². The molecule has 6 heteroatoms. The highest BCUT2D eigenvalue weighted by Crippen LogP contribution is 2.34. The van der Waals surface area contributed by atoms with Gasteiger partial charge >= 0.3 is 0 Å². The zero-order valence-corrected chi connectivity index (χ0v) is 12.1. The van der Waals surface area contributed by atoms with Gasteiger partial charge in [0.2, 0.25) is 5.13 Å². The molecule has 0 saturated heterocycles. The first-order chi connectivity index (χ1) is 9.28. The molecule has 19 heavy (non-hydrogen) atoms. The first-order valence-electron chi connectivity index (χ1n) is 6.19. The topological polar surface area (TPSA) is 56.3 Å². The number of aromatic nitrogens is 2. The van der Waals surface area contributed by atoms with Crippen LogP contribution in [0.15, 0.2) is 18.2 Å². The third-order valence-electron chi connectivity index (χ3n) is 2.43. The number of hydrogen-bond acceptors (Lipinski definition) is 6. The van der Waals surface area contributed by atoms with Gasteiger partial charge in [-0.3, -0.25) is 0 Å². The van der Waals surface area contributed by atoms with Crippen LogP contribution in [-0.4, -0.2) is 30.5 Å². The molecule has 1 N–H and O–H groups in total. The van der Waals surface area contributed by atoms with Gasteiger partial charge in [0.15, 0.2) is 11.5 Å². The molecule has 0 unspecified atom stereocenters. The second kappa shape index (κ2) is 6.38. The van der Waals surface area contributed by atoms with Gasteiger partial charge in [-0.05, 0) is 32.0 Å². The third-order valence-corrected chi connectivity index (χ3v) is 3.42. The van der Waals surface area contributed by atoms with Crippen LogP contribution in [0, 0.1) is 0 Å². The molecule has 0 bridgehead atoms. The first-order valence-corrected chi connectivity index (χ1v) is 7.01. The van der Waals surface area contributed by atoms with E-state index in [9.17, 15) is 0 Å². The van der Waals surface area contributed by atoms with E-state index in [4.69, 9.17) is 9.47 Å². The highest BCUT2D eigenvalue weighted by atomic mass is 32.1. The molecule has 102 valence electrons. The Morgan fingerprint density at radius 3 is 2.47 bits per heavy atom. The number of nitrogens with zero attached hydrogens (tertiary/aromatic N) is 2. The predicted molar refractivity (Wildman–Crippen MR) is 77.2 cm³/mol. The molecule has 0 amide bonds. The fourth-order valence-electron chi connectivity index (χ4n) is 1.63. The van der Waals surface area contributed by atoms with Crippen molar-refractivity contribution >= 4 is 16.5 Å². The van der Waals surface area contributed by atoms with Gasteiger partial charge in [0.05, 0.1) is 13.2 Å². The molecule has 2 rings (SSSR count). The van der Waals surface area contributed by atoms with E-state index in [0.29, 0.717) is 13.2 Å². The molecule has 5 nitrogen and oxygen atoms in total. The number of anilines is 1. The average molecular weight is 279 g/mol. The molecule has 0 aliphatic heterocycles. The average Bonchev–Trinajstić information content (AvgIpc) is 2.90. The van der Waals surface area contributed by atoms with Gasteiger partial charge in [0, 0.05) is 12.6 Å². The monoisotopic (exact) mass is 279 g/mol. The Labute approximate surface area is 116 Å². The maximum Gasteiger partial charge on any atom is 0.205 e. The Bertz CT molecular complexity index is 542. The van der Waals surface area contributed by atoms with Crippen molar-refractivity contribution < 1.29 is 9.47 Å². The molecule has 0 atom stereocenters. The Morgan fingerprint density at radius 1 is 1.11 bits per heavy atom. The summed E-state index contributed by atoms with van der Waals surface area (Å²) in [6.07, 6.45) is 0. The highest BCUT2D eigenvalue weighted by molar-refractivity contribution is 7.18. The number of hydrogen-bond donors (Lipinski definition) is 1. The maximum absolute atomic E-state index is 5.60. The molecule has 0 spiro atoms. The van der Waals surface area contributed by atoms with Crippen LogP contribution in [0.1, 0.15) is 13.8 Å². The molecular formula is C13H17N3O2S. The second-order valence-corrected chi connectivity index (χ2v) is 4.67. The summed E-state index contributed by atoms with van der Waals surface area (Å²) in [7, 11) is 1.83. The molecular weight excluding hydrogens is 262 g/mol. The normalized spacial score (nSPS) is 10.3. The summed E-state index contributed by atoms with van der Waals surface area (Å²) in [5.74, 6) is 1.49. The van der Waals surface area contributed by atoms with E-state index < -0.39 is 0 Å². The van der Waals surface area contributed by atoms with Crippen molar-refractivity contribution in [1.82, 2.24) is 10.2 Å². The van der Waals surface area contributed by atoms with E-state index in [1.54, 1.807) is 0 Å². The minimum atomic E-state index is 0.599. The highest BCUT2D eigenvalue weighted by Gasteiger charge is 2.10. The second-order valence-electron chi connectivity index (χ2n) is 3.69. The Hall–Kier alpha value is -1.82. The number of benzene rings is 1. The van der Waals surface area contributed by atoms with Gasteiger partial charge < -0.3 is 14.8 Å². The standard InChI is InChI=1S/C13H17N3O2S/c1-4-17-10-7-6-9(8-11(10)18-5-2)12-15-16-13(14-3)19-12/h6-8H,4-5H2,1-3H3,(H,14,16). The minimum absolute atomic E-state index is 0.599. The van der Waals surface area contributed by atoms with Crippen molar-refractivity contribution in [2.24, 2.45) is 0 Å². The molecule has 0 aliphatic carbocycles. The molecule has 0 fully saturated rings. The molecule has 1 heterocycles. The number of ether oxygens (including phenoxy) is 2. The maximum atomic E-state index is 5.60. The van der Waals surface area contributed by atoms with Crippen LogP contribution in [0.4, 0.5) is 5.13 Å². The summed E-state index contributed by atoms with van der Waals surface area (Å²) < 4.78 is 11.1. The van der Waals surface area contributed by atoms with Gasteiger partial charge in [-0.1, -0.05) is 11.3 Å². The smallest absolute Gasteiger partial charge is 0.205 e. The molecule has 2 aromatic rings. The summed E-state index contributed by atoms with van der Waals surface area (Å²) in [4.78, 5) is 0. The van der Waals surface area contributed by atoms with Crippen molar-refractivity contribution in [3.05, 3.63) is 18.2 Å². The van der Waals surface area contributed by atoms with Crippen LogP contribution in [0.3, 0.4) is 0 Å². The molecule has 0 saturated carbocycles. The Morgan fingerprint density at radius 2 is 1.84 bits per heavy atom. The van der Waals surface area contributed by atoms with Gasteiger partial charge in [-0.25, -0.2) is 0 Å². The molecule has 1 aromatic heterocycles. The minimum Gasteiger partial charge on any atom is -0.490 e. The van der Waals surface area contributed by atoms with E-state index >= 15 is 0 Å². The van der Waals surface area contributed by atoms with E-state index in [1.807, 2.05) is 39.1 Å². The Kier molecular flexibility index (Phi) is 4.57. The van der Waals surface area contributed by atoms with Crippen LogP contribution >= 0.6 is 11.3 Å². The van der Waals surface area contributed by atoms with Crippen LogP contribution < -0.4 is 14.8 Å². The zero-order chi connectivity index (χ0) is 13.7. The molecule has 0 aliphatic rings. The lowest BCUT2D eigenvalue weighted by atomic mass is 10.2. The molecule has 0 radical (unpaired) electrons. The SMILES string of the molecule is CCOc1ccc(-c2nnc(NC)s2)cc1OCC. The van der Waals surface area contributed by atoms with E-state index in [1.165, 1.54) is 11.3 Å². The van der Waals surface area contributed by atoms with Gasteiger partial charge in [0.25, 0.3) is 0 Å². The van der Waals surface area contributed by atoms with Crippen molar-refractivity contribution in [2.75, 3.05) is 25.6 Å². The summed E-state index contributed by atoms with van der Waals surface area (Å²) >= 11 is 1.50. The fourth-order valence-corrected chi connectivity index (χ4v) is 2.32. The van der Waals surface area contributed by atoms with E-state index in [2.05, 4.69) is 15.5 Å². The summed E-state index contributed by atoms with van der Waals surface area (Å²) in [6, 6.07) is 5.81. The van der Waals surface area contributed by atoms with Crippen LogP contribution in [0.2, 0.25) is 0 Å². The predicted octanol–water partition coefficient (Wildman–Crippen LogP) is 3.04. The quantitative estimate of drug-likeness (QED) is 0.880. The lowest BCUT2D eigenvalue weighted by Gasteiger charge is -2.11. The van der Waals surface area contributed by atoms with Gasteiger partial charge in [-0.15, -0.1) is 10.2 Å². The Balaban J connectivity index is 2.33. The summed E-state index contributed by atoms with van der Waals surface area (Å²) in [5.41, 5.74) is 0.978. The fraction of sp³-hybridized carbons (Fsp3) is 0.385. The van der Waals surface area contributed by atoms with Gasteiger partial charge in [-0.2, -0.15) is 0 Å². The van der Waals surface area contributed by atoms with Crippen molar-refractivity contribution in [2.45, 2.75) is 13.8 Å². The lowest BCUT2D eigenvalue weighted by Crippen LogP contribution is -1.98. The first kappa shape index (κ1) is 13.6. The summed E-state index contributed by atoms with van der Waals surface area (Å²) in [5, 5.41) is 12.8. The van der Waals surface area contributed by atoms with Gasteiger partial charge in [0.1, 0.15) is 5.01 Å². The number of rotatable bonds is 6. The van der Waals surface area contributed by atoms with Crippen LogP contribution in [0.25, 0.3) is 10.6 Å². The van der Waals surface area contributed by atoms with Crippen molar-refractivity contribution in [1.29, 1.82) is 0 Å². The van der Waals surface area contributed by atoms with E-state index in [-0.39, 0.29) is 0 Å². The molecule has 1 aromatic carbocycles. The largest absolute Gasteiger partial charge is 0.490 e. The third kappa shape index (κ3) is 3.14. The zero-order valence-electron chi connectivity index (χ0n) is 11.3. The number of nitrogens with one attached hydrogen (secondary N) is 1. The van der Waals surface area contributed by atoms with Crippen molar-refractivity contribution in [3.8, 4) is 22.1 Å². The summed E-state index contributed by atoms with van der Waals surface area (Å²) in [6.45, 7) is 5.11.